The number of H-pyrrole nitrogens is 1. The summed E-state index contributed by atoms with van der Waals surface area (Å²) >= 11 is 0. The van der Waals surface area contributed by atoms with E-state index in [2.05, 4.69) is 30.7 Å². The van der Waals surface area contributed by atoms with Crippen LogP contribution in [-0.4, -0.2) is 23.1 Å². The van der Waals surface area contributed by atoms with Gasteiger partial charge in [0.25, 0.3) is 0 Å². The van der Waals surface area contributed by atoms with Crippen LogP contribution in [0.25, 0.3) is 11.0 Å². The first kappa shape index (κ1) is 12.9. The van der Waals surface area contributed by atoms with E-state index < -0.39 is 0 Å². The number of fused-ring (bicyclic) bond motifs is 1. The Kier molecular flexibility index (Phi) is 3.30. The Morgan fingerprint density at radius 2 is 2.11 bits per heavy atom. The molecule has 98 valence electrons. The number of nitrogens with zero attached hydrogens (tertiary/aromatic N) is 1. The molecule has 18 heavy (non-hydrogen) atoms. The van der Waals surface area contributed by atoms with Crippen LogP contribution in [0, 0.1) is 5.41 Å². The number of benzene rings is 1. The van der Waals surface area contributed by atoms with Crippen LogP contribution in [-0.2, 0) is 6.42 Å². The topological polar surface area (TPSA) is 63.9 Å². The zero-order chi connectivity index (χ0) is 13.3. The number of aromatic nitrogens is 2. The summed E-state index contributed by atoms with van der Waals surface area (Å²) in [6.07, 6.45) is 0.750. The summed E-state index contributed by atoms with van der Waals surface area (Å²) in [4.78, 5) is 7.85. The number of ether oxygens (including phenoxy) is 1. The third kappa shape index (κ3) is 2.64. The minimum atomic E-state index is 0.0800. The minimum absolute atomic E-state index is 0.0800. The fourth-order valence-corrected chi connectivity index (χ4v) is 1.78. The smallest absolute Gasteiger partial charge is 0.121 e. The molecule has 2 rings (SSSR count). The lowest BCUT2D eigenvalue weighted by molar-refractivity contribution is 0.315. The molecule has 1 heterocycles. The molecule has 1 atom stereocenters. The van der Waals surface area contributed by atoms with Gasteiger partial charge < -0.3 is 15.5 Å². The average molecular weight is 247 g/mol. The minimum Gasteiger partial charge on any atom is -0.497 e. The first-order valence-corrected chi connectivity index (χ1v) is 6.18. The van der Waals surface area contributed by atoms with Crippen LogP contribution in [0.3, 0.4) is 0 Å². The molecular formula is C14H21N3O. The Morgan fingerprint density at radius 3 is 2.72 bits per heavy atom. The number of aromatic amines is 1. The lowest BCUT2D eigenvalue weighted by atomic mass is 9.85. The van der Waals surface area contributed by atoms with Crippen molar-refractivity contribution in [2.75, 3.05) is 7.11 Å². The molecule has 0 aliphatic heterocycles. The maximum absolute atomic E-state index is 6.18. The van der Waals surface area contributed by atoms with Gasteiger partial charge >= 0.3 is 0 Å². The van der Waals surface area contributed by atoms with E-state index in [4.69, 9.17) is 10.5 Å². The van der Waals surface area contributed by atoms with Gasteiger partial charge in [0, 0.05) is 18.5 Å². The van der Waals surface area contributed by atoms with Crippen molar-refractivity contribution < 1.29 is 4.74 Å². The molecule has 0 fully saturated rings. The number of imidazole rings is 1. The molecule has 0 bridgehead atoms. The lowest BCUT2D eigenvalue weighted by Crippen LogP contribution is -2.37. The number of hydrogen-bond donors (Lipinski definition) is 2. The highest BCUT2D eigenvalue weighted by Gasteiger charge is 2.22. The highest BCUT2D eigenvalue weighted by molar-refractivity contribution is 5.76. The van der Waals surface area contributed by atoms with Crippen LogP contribution in [0.2, 0.25) is 0 Å². The molecule has 0 aliphatic rings. The molecule has 3 N–H and O–H groups in total. The Labute approximate surface area is 108 Å². The zero-order valence-corrected chi connectivity index (χ0v) is 11.4. The van der Waals surface area contributed by atoms with Crippen LogP contribution >= 0.6 is 0 Å². The quantitative estimate of drug-likeness (QED) is 0.875. The summed E-state index contributed by atoms with van der Waals surface area (Å²) in [5.74, 6) is 1.76. The van der Waals surface area contributed by atoms with Gasteiger partial charge in [0.05, 0.1) is 18.1 Å². The van der Waals surface area contributed by atoms with E-state index in [0.717, 1.165) is 29.0 Å². The van der Waals surface area contributed by atoms with E-state index >= 15 is 0 Å². The molecule has 0 saturated heterocycles. The molecule has 2 aromatic rings. The Morgan fingerprint density at radius 1 is 1.39 bits per heavy atom. The van der Waals surface area contributed by atoms with E-state index in [9.17, 15) is 0 Å². The first-order valence-electron chi connectivity index (χ1n) is 6.18. The van der Waals surface area contributed by atoms with Crippen LogP contribution in [0.1, 0.15) is 26.6 Å². The standard InChI is InChI=1S/C14H21N3O/c1-14(2,3)12(15)8-13-16-10-6-5-9(18-4)7-11(10)17-13/h5-7,12H,8,15H2,1-4H3,(H,16,17). The van der Waals surface area contributed by atoms with Crippen LogP contribution in [0.4, 0.5) is 0 Å². The maximum Gasteiger partial charge on any atom is 0.121 e. The summed E-state index contributed by atoms with van der Waals surface area (Å²) in [6, 6.07) is 5.90. The van der Waals surface area contributed by atoms with E-state index in [1.165, 1.54) is 0 Å². The summed E-state index contributed by atoms with van der Waals surface area (Å²) in [6.45, 7) is 6.43. The molecule has 1 aromatic carbocycles. The number of methoxy groups -OCH3 is 1. The third-order valence-electron chi connectivity index (χ3n) is 3.26. The van der Waals surface area contributed by atoms with E-state index in [1.807, 2.05) is 18.2 Å². The largest absolute Gasteiger partial charge is 0.497 e. The van der Waals surface area contributed by atoms with Gasteiger partial charge in [0.15, 0.2) is 0 Å². The maximum atomic E-state index is 6.18. The van der Waals surface area contributed by atoms with Gasteiger partial charge in [0.1, 0.15) is 11.6 Å². The van der Waals surface area contributed by atoms with Crippen molar-refractivity contribution in [3.63, 3.8) is 0 Å². The second kappa shape index (κ2) is 4.61. The fourth-order valence-electron chi connectivity index (χ4n) is 1.78. The van der Waals surface area contributed by atoms with Gasteiger partial charge in [-0.25, -0.2) is 4.98 Å². The van der Waals surface area contributed by atoms with Crippen molar-refractivity contribution in [1.29, 1.82) is 0 Å². The summed E-state index contributed by atoms with van der Waals surface area (Å²) in [5.41, 5.74) is 8.20. The van der Waals surface area contributed by atoms with Crippen molar-refractivity contribution in [2.45, 2.75) is 33.2 Å². The normalized spacial score (nSPS) is 13.8. The SMILES string of the molecule is COc1ccc2nc(CC(N)C(C)(C)C)[nH]c2c1. The Hall–Kier alpha value is -1.55. The average Bonchev–Trinajstić information content (AvgIpc) is 2.68. The van der Waals surface area contributed by atoms with Crippen molar-refractivity contribution in [2.24, 2.45) is 11.1 Å². The summed E-state index contributed by atoms with van der Waals surface area (Å²) in [7, 11) is 1.66. The summed E-state index contributed by atoms with van der Waals surface area (Å²) in [5, 5.41) is 0. The highest BCUT2D eigenvalue weighted by atomic mass is 16.5. The molecule has 4 heteroatoms. The molecule has 0 aliphatic carbocycles. The second-order valence-corrected chi connectivity index (χ2v) is 5.74. The predicted molar refractivity (Wildman–Crippen MR) is 73.8 cm³/mol. The number of nitrogens with one attached hydrogen (secondary N) is 1. The van der Waals surface area contributed by atoms with Crippen molar-refractivity contribution in [3.05, 3.63) is 24.0 Å². The number of hydrogen-bond acceptors (Lipinski definition) is 3. The molecule has 0 saturated carbocycles. The van der Waals surface area contributed by atoms with Gasteiger partial charge in [-0.05, 0) is 17.5 Å². The molecule has 1 aromatic heterocycles. The number of nitrogens with two attached hydrogens (primary N) is 1. The second-order valence-electron chi connectivity index (χ2n) is 5.74. The van der Waals surface area contributed by atoms with Crippen molar-refractivity contribution >= 4 is 11.0 Å². The van der Waals surface area contributed by atoms with Crippen LogP contribution in [0.15, 0.2) is 18.2 Å². The van der Waals surface area contributed by atoms with Crippen LogP contribution in [0.5, 0.6) is 5.75 Å². The highest BCUT2D eigenvalue weighted by Crippen LogP contribution is 2.22. The third-order valence-corrected chi connectivity index (χ3v) is 3.26. The van der Waals surface area contributed by atoms with Gasteiger partial charge in [0.2, 0.25) is 0 Å². The van der Waals surface area contributed by atoms with E-state index in [0.29, 0.717) is 0 Å². The van der Waals surface area contributed by atoms with E-state index in [1.54, 1.807) is 7.11 Å². The van der Waals surface area contributed by atoms with Gasteiger partial charge in [-0.15, -0.1) is 0 Å². The van der Waals surface area contributed by atoms with Gasteiger partial charge in [-0.3, -0.25) is 0 Å². The number of rotatable bonds is 3. The summed E-state index contributed by atoms with van der Waals surface area (Å²) < 4.78 is 5.19. The molecule has 0 spiro atoms. The monoisotopic (exact) mass is 247 g/mol. The molecule has 0 amide bonds. The Bertz CT molecular complexity index is 539. The molecule has 0 radical (unpaired) electrons. The van der Waals surface area contributed by atoms with Crippen molar-refractivity contribution in [3.8, 4) is 5.75 Å². The molecular weight excluding hydrogens is 226 g/mol. The van der Waals surface area contributed by atoms with Crippen molar-refractivity contribution in [1.82, 2.24) is 9.97 Å². The van der Waals surface area contributed by atoms with E-state index in [-0.39, 0.29) is 11.5 Å². The predicted octanol–water partition coefficient (Wildman–Crippen LogP) is 2.49. The molecule has 4 nitrogen and oxygen atoms in total. The zero-order valence-electron chi connectivity index (χ0n) is 11.4. The molecule has 1 unspecified atom stereocenters. The van der Waals surface area contributed by atoms with Gasteiger partial charge in [-0.2, -0.15) is 0 Å². The fraction of sp³-hybridized carbons (Fsp3) is 0.500. The van der Waals surface area contributed by atoms with Crippen LogP contribution < -0.4 is 10.5 Å². The first-order chi connectivity index (χ1) is 8.40. The van der Waals surface area contributed by atoms with Gasteiger partial charge in [-0.1, -0.05) is 20.8 Å². The lowest BCUT2D eigenvalue weighted by Gasteiger charge is -2.26. The Balaban J connectivity index is 2.25.